The Labute approximate surface area is 76.6 Å². The minimum absolute atomic E-state index is 0.164. The van der Waals surface area contributed by atoms with Crippen molar-refractivity contribution in [3.63, 3.8) is 0 Å². The summed E-state index contributed by atoms with van der Waals surface area (Å²) in [4.78, 5) is 7.25. The third-order valence-electron chi connectivity index (χ3n) is 2.46. The molecule has 0 unspecified atom stereocenters. The first kappa shape index (κ1) is 8.11. The van der Waals surface area contributed by atoms with Gasteiger partial charge >= 0.3 is 5.82 Å². The maximum atomic E-state index is 6.79. The Bertz CT molecular complexity index is 344. The number of oxazole rings is 1. The molecule has 0 spiro atoms. The summed E-state index contributed by atoms with van der Waals surface area (Å²) in [5, 5.41) is 0. The standard InChI is InChI=1S/C9H11N3O/c1-11-8-7(10)13-9(12-8)6-4-2-3-5-6/h6H,2-5,10H2. The number of nitrogens with two attached hydrogens (primary N) is 1. The summed E-state index contributed by atoms with van der Waals surface area (Å²) in [5.74, 6) is 1.41. The predicted molar refractivity (Wildman–Crippen MR) is 48.4 cm³/mol. The number of rotatable bonds is 1. The molecule has 1 aromatic rings. The van der Waals surface area contributed by atoms with Crippen LogP contribution in [0.15, 0.2) is 4.42 Å². The number of hydrogen-bond acceptors (Lipinski definition) is 3. The molecule has 4 nitrogen and oxygen atoms in total. The van der Waals surface area contributed by atoms with Crippen molar-refractivity contribution in [3.8, 4) is 0 Å². The Kier molecular flexibility index (Phi) is 1.93. The summed E-state index contributed by atoms with van der Waals surface area (Å²) in [7, 11) is 0. The molecule has 0 radical (unpaired) electrons. The highest BCUT2D eigenvalue weighted by Crippen LogP contribution is 2.36. The molecule has 1 aliphatic carbocycles. The molecule has 0 aromatic carbocycles. The summed E-state index contributed by atoms with van der Waals surface area (Å²) in [6.45, 7) is 6.79. The van der Waals surface area contributed by atoms with E-state index in [-0.39, 0.29) is 11.7 Å². The van der Waals surface area contributed by atoms with Gasteiger partial charge in [0, 0.05) is 0 Å². The highest BCUT2D eigenvalue weighted by Gasteiger charge is 2.26. The minimum atomic E-state index is 0.164. The van der Waals surface area contributed by atoms with Gasteiger partial charge in [-0.2, -0.15) is 0 Å². The van der Waals surface area contributed by atoms with Crippen LogP contribution in [0.2, 0.25) is 0 Å². The van der Waals surface area contributed by atoms with Crippen LogP contribution in [0, 0.1) is 6.57 Å². The maximum absolute atomic E-state index is 6.79. The summed E-state index contributed by atoms with van der Waals surface area (Å²) < 4.78 is 5.24. The van der Waals surface area contributed by atoms with Crippen molar-refractivity contribution in [2.75, 3.05) is 5.73 Å². The molecule has 4 heteroatoms. The molecular formula is C9H11N3O. The quantitative estimate of drug-likeness (QED) is 0.670. The maximum Gasteiger partial charge on any atom is 0.332 e. The first-order valence-corrected chi connectivity index (χ1v) is 4.45. The van der Waals surface area contributed by atoms with E-state index in [4.69, 9.17) is 16.7 Å². The van der Waals surface area contributed by atoms with Crippen molar-refractivity contribution < 1.29 is 4.42 Å². The largest absolute Gasteiger partial charge is 0.417 e. The summed E-state index contributed by atoms with van der Waals surface area (Å²) in [6.07, 6.45) is 4.66. The van der Waals surface area contributed by atoms with Crippen LogP contribution in [-0.2, 0) is 0 Å². The summed E-state index contributed by atoms with van der Waals surface area (Å²) in [6, 6.07) is 0. The Morgan fingerprint density at radius 3 is 2.69 bits per heavy atom. The van der Waals surface area contributed by atoms with Gasteiger partial charge in [0.15, 0.2) is 0 Å². The fourth-order valence-corrected chi connectivity index (χ4v) is 1.77. The molecule has 0 bridgehead atoms. The van der Waals surface area contributed by atoms with E-state index < -0.39 is 0 Å². The molecular weight excluding hydrogens is 166 g/mol. The van der Waals surface area contributed by atoms with Crippen molar-refractivity contribution in [1.29, 1.82) is 0 Å². The molecule has 1 fully saturated rings. The predicted octanol–water partition coefficient (Wildman–Crippen LogP) is 2.47. The zero-order chi connectivity index (χ0) is 9.26. The molecule has 0 aliphatic heterocycles. The topological polar surface area (TPSA) is 56.4 Å². The first-order chi connectivity index (χ1) is 6.31. The smallest absolute Gasteiger partial charge is 0.332 e. The minimum Gasteiger partial charge on any atom is -0.417 e. The van der Waals surface area contributed by atoms with Gasteiger partial charge in [-0.3, -0.25) is 0 Å². The van der Waals surface area contributed by atoms with Crippen LogP contribution in [0.1, 0.15) is 37.5 Å². The summed E-state index contributed by atoms with van der Waals surface area (Å²) in [5.41, 5.74) is 5.48. The van der Waals surface area contributed by atoms with Gasteiger partial charge in [-0.15, -0.1) is 0 Å². The van der Waals surface area contributed by atoms with Gasteiger partial charge in [-0.05, 0) is 12.8 Å². The Balaban J connectivity index is 2.26. The number of nitrogen functional groups attached to an aromatic ring is 1. The molecule has 2 N–H and O–H groups in total. The summed E-state index contributed by atoms with van der Waals surface area (Å²) >= 11 is 0. The molecule has 1 heterocycles. The van der Waals surface area contributed by atoms with E-state index in [0.717, 1.165) is 12.8 Å². The van der Waals surface area contributed by atoms with Crippen LogP contribution in [0.5, 0.6) is 0 Å². The number of aromatic nitrogens is 1. The fourth-order valence-electron chi connectivity index (χ4n) is 1.77. The van der Waals surface area contributed by atoms with Gasteiger partial charge in [-0.1, -0.05) is 24.4 Å². The van der Waals surface area contributed by atoms with E-state index in [0.29, 0.717) is 11.8 Å². The van der Waals surface area contributed by atoms with Crippen molar-refractivity contribution in [2.24, 2.45) is 0 Å². The normalized spacial score (nSPS) is 17.5. The van der Waals surface area contributed by atoms with E-state index >= 15 is 0 Å². The SMILES string of the molecule is [C-]#[N+]c1nc(C2CCCC2)oc1N. The third kappa shape index (κ3) is 1.37. The molecule has 0 saturated heterocycles. The molecule has 1 saturated carbocycles. The highest BCUT2D eigenvalue weighted by atomic mass is 16.4. The lowest BCUT2D eigenvalue weighted by Gasteiger charge is -1.97. The molecule has 2 rings (SSSR count). The lowest BCUT2D eigenvalue weighted by atomic mass is 10.1. The van der Waals surface area contributed by atoms with Crippen LogP contribution in [0.25, 0.3) is 4.85 Å². The van der Waals surface area contributed by atoms with E-state index in [9.17, 15) is 0 Å². The molecule has 68 valence electrons. The van der Waals surface area contributed by atoms with E-state index in [1.807, 2.05) is 0 Å². The van der Waals surface area contributed by atoms with Gasteiger partial charge in [0.2, 0.25) is 5.88 Å². The van der Waals surface area contributed by atoms with Crippen LogP contribution in [0.3, 0.4) is 0 Å². The number of nitrogens with zero attached hydrogens (tertiary/aromatic N) is 2. The van der Waals surface area contributed by atoms with Gasteiger partial charge in [-0.25, -0.2) is 0 Å². The average molecular weight is 177 g/mol. The van der Waals surface area contributed by atoms with E-state index in [1.165, 1.54) is 12.8 Å². The molecule has 1 aliphatic rings. The van der Waals surface area contributed by atoms with Crippen molar-refractivity contribution >= 4 is 11.7 Å². The second kappa shape index (κ2) is 3.09. The Morgan fingerprint density at radius 2 is 2.15 bits per heavy atom. The van der Waals surface area contributed by atoms with Gasteiger partial charge < -0.3 is 15.0 Å². The zero-order valence-corrected chi connectivity index (χ0v) is 7.29. The van der Waals surface area contributed by atoms with Crippen molar-refractivity contribution in [2.45, 2.75) is 31.6 Å². The van der Waals surface area contributed by atoms with Crippen LogP contribution in [0.4, 0.5) is 11.7 Å². The van der Waals surface area contributed by atoms with E-state index in [1.54, 1.807) is 0 Å². The monoisotopic (exact) mass is 177 g/mol. The molecule has 13 heavy (non-hydrogen) atoms. The first-order valence-electron chi connectivity index (χ1n) is 4.45. The molecule has 0 atom stereocenters. The second-order valence-corrected chi connectivity index (χ2v) is 3.33. The molecule has 0 amide bonds. The van der Waals surface area contributed by atoms with Gasteiger partial charge in [0.25, 0.3) is 5.89 Å². The molecule has 1 aromatic heterocycles. The van der Waals surface area contributed by atoms with Crippen molar-refractivity contribution in [1.82, 2.24) is 4.98 Å². The van der Waals surface area contributed by atoms with Gasteiger partial charge in [0.05, 0.1) is 5.92 Å². The second-order valence-electron chi connectivity index (χ2n) is 3.33. The third-order valence-corrected chi connectivity index (χ3v) is 2.46. The Hall–Kier alpha value is -1.50. The lowest BCUT2D eigenvalue weighted by molar-refractivity contribution is 0.460. The lowest BCUT2D eigenvalue weighted by Crippen LogP contribution is -1.90. The van der Waals surface area contributed by atoms with Crippen LogP contribution in [-0.4, -0.2) is 4.98 Å². The fraction of sp³-hybridized carbons (Fsp3) is 0.556. The van der Waals surface area contributed by atoms with Crippen LogP contribution < -0.4 is 5.73 Å². The number of hydrogen-bond donors (Lipinski definition) is 1. The van der Waals surface area contributed by atoms with Crippen LogP contribution >= 0.6 is 0 Å². The highest BCUT2D eigenvalue weighted by molar-refractivity contribution is 5.55. The number of anilines is 1. The zero-order valence-electron chi connectivity index (χ0n) is 7.29. The van der Waals surface area contributed by atoms with E-state index in [2.05, 4.69) is 9.83 Å². The average Bonchev–Trinajstić information content (AvgIpc) is 2.71. The Morgan fingerprint density at radius 1 is 1.46 bits per heavy atom. The van der Waals surface area contributed by atoms with Crippen molar-refractivity contribution in [3.05, 3.63) is 17.3 Å². The van der Waals surface area contributed by atoms with Gasteiger partial charge in [0.1, 0.15) is 0 Å².